The molecule has 5 nitrogen and oxygen atoms in total. The molecular formula is C10H8ClN3O2. The lowest BCUT2D eigenvalue weighted by Gasteiger charge is -2.03. The van der Waals surface area contributed by atoms with E-state index in [2.05, 4.69) is 15.3 Å². The molecule has 0 aromatic carbocycles. The standard InChI is InChI=1S/C10H8ClN3O2/c1-6-2-3-7(8(11)13-6)9(15)14-10-12-4-5-16-10/h2-5H,1H3,(H,12,14,15). The van der Waals surface area contributed by atoms with Crippen LogP contribution in [0.1, 0.15) is 16.1 Å². The molecule has 0 spiro atoms. The molecule has 1 N–H and O–H groups in total. The predicted octanol–water partition coefficient (Wildman–Crippen LogP) is 2.28. The van der Waals surface area contributed by atoms with E-state index < -0.39 is 5.91 Å². The SMILES string of the molecule is Cc1ccc(C(=O)Nc2ncco2)c(Cl)n1. The summed E-state index contributed by atoms with van der Waals surface area (Å²) >= 11 is 5.84. The molecule has 0 unspecified atom stereocenters. The number of pyridine rings is 1. The number of hydrogen-bond acceptors (Lipinski definition) is 4. The van der Waals surface area contributed by atoms with E-state index in [1.165, 1.54) is 12.5 Å². The number of nitrogens with one attached hydrogen (secondary N) is 1. The Kier molecular flexibility index (Phi) is 2.87. The van der Waals surface area contributed by atoms with Gasteiger partial charge in [-0.25, -0.2) is 9.97 Å². The van der Waals surface area contributed by atoms with Crippen LogP contribution in [0.3, 0.4) is 0 Å². The zero-order valence-electron chi connectivity index (χ0n) is 8.40. The maximum absolute atomic E-state index is 11.7. The minimum absolute atomic E-state index is 0.127. The average Bonchev–Trinajstić information content (AvgIpc) is 2.70. The van der Waals surface area contributed by atoms with Crippen LogP contribution < -0.4 is 5.32 Å². The van der Waals surface area contributed by atoms with Crippen molar-refractivity contribution in [2.75, 3.05) is 5.32 Å². The van der Waals surface area contributed by atoms with E-state index in [-0.39, 0.29) is 16.7 Å². The normalized spacial score (nSPS) is 10.1. The highest BCUT2D eigenvalue weighted by Crippen LogP contribution is 2.15. The highest BCUT2D eigenvalue weighted by molar-refractivity contribution is 6.33. The topological polar surface area (TPSA) is 68.0 Å². The van der Waals surface area contributed by atoms with Gasteiger partial charge < -0.3 is 4.42 Å². The molecule has 0 bridgehead atoms. The predicted molar refractivity (Wildman–Crippen MR) is 58.4 cm³/mol. The van der Waals surface area contributed by atoms with Gasteiger partial charge in [0, 0.05) is 5.69 Å². The Morgan fingerprint density at radius 2 is 2.31 bits per heavy atom. The Morgan fingerprint density at radius 1 is 1.50 bits per heavy atom. The number of hydrogen-bond donors (Lipinski definition) is 1. The molecule has 0 aliphatic carbocycles. The van der Waals surface area contributed by atoms with Gasteiger partial charge in [-0.2, -0.15) is 0 Å². The van der Waals surface area contributed by atoms with E-state index in [4.69, 9.17) is 16.0 Å². The summed E-state index contributed by atoms with van der Waals surface area (Å²) in [5, 5.41) is 2.61. The molecule has 2 heterocycles. The maximum Gasteiger partial charge on any atom is 0.301 e. The summed E-state index contributed by atoms with van der Waals surface area (Å²) in [4.78, 5) is 19.5. The molecule has 0 atom stereocenters. The van der Waals surface area contributed by atoms with Crippen molar-refractivity contribution in [1.82, 2.24) is 9.97 Å². The third-order valence-corrected chi connectivity index (χ3v) is 2.17. The van der Waals surface area contributed by atoms with Crippen LogP contribution >= 0.6 is 11.6 Å². The second kappa shape index (κ2) is 4.32. The summed E-state index contributed by atoms with van der Waals surface area (Å²) in [5.41, 5.74) is 1.03. The lowest BCUT2D eigenvalue weighted by molar-refractivity contribution is 0.102. The molecule has 0 aliphatic heterocycles. The van der Waals surface area contributed by atoms with Gasteiger partial charge in [0.2, 0.25) is 0 Å². The van der Waals surface area contributed by atoms with Crippen molar-refractivity contribution in [1.29, 1.82) is 0 Å². The van der Waals surface area contributed by atoms with Crippen molar-refractivity contribution in [3.63, 3.8) is 0 Å². The molecule has 6 heteroatoms. The first-order chi connectivity index (χ1) is 7.66. The number of aryl methyl sites for hydroxylation is 1. The zero-order valence-corrected chi connectivity index (χ0v) is 9.15. The molecule has 0 saturated heterocycles. The number of carbonyl (C=O) groups is 1. The summed E-state index contributed by atoms with van der Waals surface area (Å²) in [5.74, 6) is -0.403. The van der Waals surface area contributed by atoms with E-state index in [9.17, 15) is 4.79 Å². The van der Waals surface area contributed by atoms with Crippen LogP contribution in [0.25, 0.3) is 0 Å². The first-order valence-electron chi connectivity index (χ1n) is 4.51. The van der Waals surface area contributed by atoms with E-state index in [1.54, 1.807) is 19.1 Å². The largest absolute Gasteiger partial charge is 0.432 e. The van der Waals surface area contributed by atoms with Crippen molar-refractivity contribution in [3.8, 4) is 0 Å². The fourth-order valence-corrected chi connectivity index (χ4v) is 1.43. The Bertz CT molecular complexity index is 511. The van der Waals surface area contributed by atoms with Gasteiger partial charge in [0.05, 0.1) is 11.8 Å². The van der Waals surface area contributed by atoms with Crippen LogP contribution in [0, 0.1) is 6.92 Å². The Morgan fingerprint density at radius 3 is 2.94 bits per heavy atom. The second-order valence-electron chi connectivity index (χ2n) is 3.08. The fraction of sp³-hybridized carbons (Fsp3) is 0.100. The van der Waals surface area contributed by atoms with E-state index in [1.807, 2.05) is 0 Å². The van der Waals surface area contributed by atoms with Gasteiger partial charge in [-0.3, -0.25) is 10.1 Å². The summed E-state index contributed by atoms with van der Waals surface area (Å²) in [6.45, 7) is 1.79. The quantitative estimate of drug-likeness (QED) is 0.814. The molecule has 2 rings (SSSR count). The van der Waals surface area contributed by atoms with Crippen LogP contribution in [0.15, 0.2) is 29.0 Å². The molecule has 2 aromatic rings. The lowest BCUT2D eigenvalue weighted by atomic mass is 10.2. The molecule has 0 fully saturated rings. The van der Waals surface area contributed by atoms with Crippen molar-refractivity contribution in [3.05, 3.63) is 41.0 Å². The highest BCUT2D eigenvalue weighted by Gasteiger charge is 2.13. The van der Waals surface area contributed by atoms with Gasteiger partial charge in [-0.1, -0.05) is 11.6 Å². The Balaban J connectivity index is 2.21. The number of halogens is 1. The molecule has 1 amide bonds. The molecule has 2 aromatic heterocycles. The first-order valence-corrected chi connectivity index (χ1v) is 4.88. The van der Waals surface area contributed by atoms with Crippen LogP contribution in [0.5, 0.6) is 0 Å². The smallest absolute Gasteiger partial charge is 0.301 e. The number of rotatable bonds is 2. The summed E-state index contributed by atoms with van der Waals surface area (Å²) in [6.07, 6.45) is 2.80. The number of amides is 1. The minimum Gasteiger partial charge on any atom is -0.432 e. The van der Waals surface area contributed by atoms with Gasteiger partial charge in [0.1, 0.15) is 11.4 Å². The van der Waals surface area contributed by atoms with Gasteiger partial charge in [0.25, 0.3) is 5.91 Å². The highest BCUT2D eigenvalue weighted by atomic mass is 35.5. The Hall–Kier alpha value is -1.88. The van der Waals surface area contributed by atoms with Gasteiger partial charge in [-0.05, 0) is 19.1 Å². The number of carbonyl (C=O) groups excluding carboxylic acids is 1. The summed E-state index contributed by atoms with van der Waals surface area (Å²) < 4.78 is 4.88. The molecular weight excluding hydrogens is 230 g/mol. The van der Waals surface area contributed by atoms with Crippen LogP contribution in [-0.2, 0) is 0 Å². The first kappa shape index (κ1) is 10.6. The van der Waals surface area contributed by atoms with Crippen molar-refractivity contribution < 1.29 is 9.21 Å². The third-order valence-electron chi connectivity index (χ3n) is 1.89. The van der Waals surface area contributed by atoms with Gasteiger partial charge in [0.15, 0.2) is 0 Å². The summed E-state index contributed by atoms with van der Waals surface area (Å²) in [6, 6.07) is 3.43. The van der Waals surface area contributed by atoms with Crippen molar-refractivity contribution in [2.45, 2.75) is 6.92 Å². The lowest BCUT2D eigenvalue weighted by Crippen LogP contribution is -2.13. The minimum atomic E-state index is -0.403. The number of nitrogens with zero attached hydrogens (tertiary/aromatic N) is 2. The van der Waals surface area contributed by atoms with Crippen LogP contribution in [0.4, 0.5) is 6.01 Å². The Labute approximate surface area is 96.5 Å². The molecule has 0 radical (unpaired) electrons. The molecule has 0 saturated carbocycles. The maximum atomic E-state index is 11.7. The molecule has 82 valence electrons. The van der Waals surface area contributed by atoms with Crippen molar-refractivity contribution >= 4 is 23.5 Å². The van der Waals surface area contributed by atoms with Crippen LogP contribution in [-0.4, -0.2) is 15.9 Å². The van der Waals surface area contributed by atoms with E-state index in [0.717, 1.165) is 5.69 Å². The van der Waals surface area contributed by atoms with E-state index >= 15 is 0 Å². The fourth-order valence-electron chi connectivity index (χ4n) is 1.14. The zero-order chi connectivity index (χ0) is 11.5. The van der Waals surface area contributed by atoms with Gasteiger partial charge in [-0.15, -0.1) is 0 Å². The molecule has 16 heavy (non-hydrogen) atoms. The number of oxazole rings is 1. The summed E-state index contributed by atoms with van der Waals surface area (Å²) in [7, 11) is 0. The molecule has 0 aliphatic rings. The van der Waals surface area contributed by atoms with Crippen molar-refractivity contribution in [2.24, 2.45) is 0 Å². The average molecular weight is 238 g/mol. The van der Waals surface area contributed by atoms with Crippen LogP contribution in [0.2, 0.25) is 5.15 Å². The number of aromatic nitrogens is 2. The number of anilines is 1. The third kappa shape index (κ3) is 2.20. The van der Waals surface area contributed by atoms with Gasteiger partial charge >= 0.3 is 6.01 Å². The second-order valence-corrected chi connectivity index (χ2v) is 3.44. The monoisotopic (exact) mass is 237 g/mol. The van der Waals surface area contributed by atoms with E-state index in [0.29, 0.717) is 0 Å².